The molecule has 1 aromatic rings. The van der Waals surface area contributed by atoms with Gasteiger partial charge in [0.1, 0.15) is 5.75 Å². The summed E-state index contributed by atoms with van der Waals surface area (Å²) in [7, 11) is 0. The van der Waals surface area contributed by atoms with E-state index in [9.17, 15) is 5.11 Å². The van der Waals surface area contributed by atoms with Gasteiger partial charge in [0.2, 0.25) is 0 Å². The zero-order valence-electron chi connectivity index (χ0n) is 11.4. The van der Waals surface area contributed by atoms with E-state index in [1.54, 1.807) is 0 Å². The van der Waals surface area contributed by atoms with Gasteiger partial charge in [-0.1, -0.05) is 39.0 Å². The average Bonchev–Trinajstić information content (AvgIpc) is 2.26. The van der Waals surface area contributed by atoms with E-state index in [0.29, 0.717) is 6.61 Å². The van der Waals surface area contributed by atoms with Gasteiger partial charge in [-0.3, -0.25) is 0 Å². The predicted molar refractivity (Wildman–Crippen MR) is 71.3 cm³/mol. The quantitative estimate of drug-likeness (QED) is 0.839. The molecule has 0 radical (unpaired) electrons. The second-order valence-electron chi connectivity index (χ2n) is 5.59. The van der Waals surface area contributed by atoms with Crippen LogP contribution in [0.4, 0.5) is 0 Å². The van der Waals surface area contributed by atoms with Gasteiger partial charge in [-0.2, -0.15) is 0 Å². The summed E-state index contributed by atoms with van der Waals surface area (Å²) < 4.78 is 5.53. The van der Waals surface area contributed by atoms with E-state index in [0.717, 1.165) is 24.2 Å². The number of hydrogen-bond acceptors (Lipinski definition) is 2. The number of rotatable bonds is 5. The Morgan fingerprint density at radius 1 is 1.24 bits per heavy atom. The summed E-state index contributed by atoms with van der Waals surface area (Å²) in [6.45, 7) is 9.15. The summed E-state index contributed by atoms with van der Waals surface area (Å²) in [5, 5.41) is 10.2. The Morgan fingerprint density at radius 2 is 1.88 bits per heavy atom. The summed E-state index contributed by atoms with van der Waals surface area (Å²) in [4.78, 5) is 0. The van der Waals surface area contributed by atoms with Crippen LogP contribution < -0.4 is 4.74 Å². The Kier molecular flexibility index (Phi) is 5.01. The summed E-state index contributed by atoms with van der Waals surface area (Å²) >= 11 is 0. The predicted octanol–water partition coefficient (Wildman–Crippen LogP) is 3.95. The van der Waals surface area contributed by atoms with Crippen molar-refractivity contribution in [2.45, 2.75) is 46.6 Å². The molecule has 0 amide bonds. The molecule has 1 atom stereocenters. The minimum atomic E-state index is -0.433. The van der Waals surface area contributed by atoms with Gasteiger partial charge in [0, 0.05) is 5.56 Å². The maximum absolute atomic E-state index is 10.2. The van der Waals surface area contributed by atoms with Gasteiger partial charge in [-0.05, 0) is 31.2 Å². The molecular formula is C15H24O2. The van der Waals surface area contributed by atoms with E-state index in [1.807, 2.05) is 31.2 Å². The van der Waals surface area contributed by atoms with Gasteiger partial charge < -0.3 is 9.84 Å². The Bertz CT molecular complexity index is 339. The van der Waals surface area contributed by atoms with Crippen LogP contribution in [0.5, 0.6) is 5.75 Å². The number of para-hydroxylation sites is 1. The van der Waals surface area contributed by atoms with Crippen molar-refractivity contribution in [2.24, 2.45) is 5.41 Å². The van der Waals surface area contributed by atoms with Crippen molar-refractivity contribution in [3.05, 3.63) is 29.8 Å². The van der Waals surface area contributed by atoms with Gasteiger partial charge in [-0.25, -0.2) is 0 Å². The van der Waals surface area contributed by atoms with Crippen molar-refractivity contribution < 1.29 is 9.84 Å². The topological polar surface area (TPSA) is 29.5 Å². The van der Waals surface area contributed by atoms with Crippen LogP contribution in [0.3, 0.4) is 0 Å². The molecule has 0 saturated heterocycles. The van der Waals surface area contributed by atoms with E-state index in [2.05, 4.69) is 20.8 Å². The summed E-state index contributed by atoms with van der Waals surface area (Å²) in [6.07, 6.45) is 1.33. The third kappa shape index (κ3) is 4.78. The third-order valence-corrected chi connectivity index (χ3v) is 2.75. The molecule has 0 bridgehead atoms. The SMILES string of the molecule is CCOc1ccccc1C(O)CCC(C)(C)C. The van der Waals surface area contributed by atoms with Crippen LogP contribution >= 0.6 is 0 Å². The van der Waals surface area contributed by atoms with Crippen LogP contribution in [-0.4, -0.2) is 11.7 Å². The second-order valence-corrected chi connectivity index (χ2v) is 5.59. The highest BCUT2D eigenvalue weighted by molar-refractivity contribution is 5.35. The normalized spacial score (nSPS) is 13.5. The van der Waals surface area contributed by atoms with Crippen LogP contribution in [0, 0.1) is 5.41 Å². The molecule has 0 spiro atoms. The number of hydrogen-bond donors (Lipinski definition) is 1. The molecule has 0 heterocycles. The monoisotopic (exact) mass is 236 g/mol. The van der Waals surface area contributed by atoms with Crippen LogP contribution in [0.1, 0.15) is 52.2 Å². The standard InChI is InChI=1S/C15H24O2/c1-5-17-14-9-7-6-8-12(14)13(16)10-11-15(2,3)4/h6-9,13,16H,5,10-11H2,1-4H3. The van der Waals surface area contributed by atoms with Gasteiger partial charge in [0.05, 0.1) is 12.7 Å². The fourth-order valence-electron chi connectivity index (χ4n) is 1.77. The van der Waals surface area contributed by atoms with E-state index in [4.69, 9.17) is 4.74 Å². The minimum Gasteiger partial charge on any atom is -0.493 e. The first-order valence-corrected chi connectivity index (χ1v) is 6.34. The second kappa shape index (κ2) is 6.06. The Labute approximate surface area is 105 Å². The van der Waals surface area contributed by atoms with Crippen molar-refractivity contribution in [3.63, 3.8) is 0 Å². The number of aliphatic hydroxyl groups excluding tert-OH is 1. The molecule has 2 heteroatoms. The van der Waals surface area contributed by atoms with Gasteiger partial charge in [0.25, 0.3) is 0 Å². The lowest BCUT2D eigenvalue weighted by atomic mass is 9.88. The van der Waals surface area contributed by atoms with E-state index in [1.165, 1.54) is 0 Å². The maximum Gasteiger partial charge on any atom is 0.125 e. The number of aliphatic hydroxyl groups is 1. The third-order valence-electron chi connectivity index (χ3n) is 2.75. The average molecular weight is 236 g/mol. The molecule has 2 nitrogen and oxygen atoms in total. The molecule has 1 aromatic carbocycles. The van der Waals surface area contributed by atoms with Crippen LogP contribution in [-0.2, 0) is 0 Å². The van der Waals surface area contributed by atoms with E-state index in [-0.39, 0.29) is 5.41 Å². The van der Waals surface area contributed by atoms with Crippen molar-refractivity contribution in [1.82, 2.24) is 0 Å². The lowest BCUT2D eigenvalue weighted by Crippen LogP contribution is -2.09. The Morgan fingerprint density at radius 3 is 2.47 bits per heavy atom. The Balaban J connectivity index is 2.70. The molecule has 1 rings (SSSR count). The number of benzene rings is 1. The lowest BCUT2D eigenvalue weighted by molar-refractivity contribution is 0.143. The lowest BCUT2D eigenvalue weighted by Gasteiger charge is -2.21. The molecular weight excluding hydrogens is 212 g/mol. The highest BCUT2D eigenvalue weighted by atomic mass is 16.5. The molecule has 96 valence electrons. The first kappa shape index (κ1) is 14.0. The maximum atomic E-state index is 10.2. The smallest absolute Gasteiger partial charge is 0.125 e. The Hall–Kier alpha value is -1.02. The highest BCUT2D eigenvalue weighted by Gasteiger charge is 2.17. The minimum absolute atomic E-state index is 0.252. The van der Waals surface area contributed by atoms with Crippen molar-refractivity contribution in [3.8, 4) is 5.75 Å². The first-order chi connectivity index (χ1) is 7.94. The number of ether oxygens (including phenoxy) is 1. The van der Waals surface area contributed by atoms with Gasteiger partial charge in [0.15, 0.2) is 0 Å². The van der Waals surface area contributed by atoms with E-state index >= 15 is 0 Å². The largest absolute Gasteiger partial charge is 0.493 e. The molecule has 0 fully saturated rings. The van der Waals surface area contributed by atoms with E-state index < -0.39 is 6.10 Å². The summed E-state index contributed by atoms with van der Waals surface area (Å²) in [5.74, 6) is 0.802. The van der Waals surface area contributed by atoms with Gasteiger partial charge in [-0.15, -0.1) is 0 Å². The summed E-state index contributed by atoms with van der Waals surface area (Å²) in [5.41, 5.74) is 1.15. The molecule has 0 aliphatic rings. The van der Waals surface area contributed by atoms with Crippen LogP contribution in [0.2, 0.25) is 0 Å². The van der Waals surface area contributed by atoms with Crippen molar-refractivity contribution in [1.29, 1.82) is 0 Å². The van der Waals surface area contributed by atoms with Gasteiger partial charge >= 0.3 is 0 Å². The summed E-state index contributed by atoms with van der Waals surface area (Å²) in [6, 6.07) is 7.74. The van der Waals surface area contributed by atoms with Crippen molar-refractivity contribution >= 4 is 0 Å². The molecule has 0 aliphatic heterocycles. The fourth-order valence-corrected chi connectivity index (χ4v) is 1.77. The first-order valence-electron chi connectivity index (χ1n) is 6.34. The molecule has 0 saturated carbocycles. The molecule has 1 N–H and O–H groups in total. The molecule has 17 heavy (non-hydrogen) atoms. The highest BCUT2D eigenvalue weighted by Crippen LogP contribution is 2.31. The van der Waals surface area contributed by atoms with Crippen molar-refractivity contribution in [2.75, 3.05) is 6.61 Å². The van der Waals surface area contributed by atoms with Crippen LogP contribution in [0.25, 0.3) is 0 Å². The van der Waals surface area contributed by atoms with Crippen LogP contribution in [0.15, 0.2) is 24.3 Å². The molecule has 1 unspecified atom stereocenters. The zero-order valence-corrected chi connectivity index (χ0v) is 11.4. The molecule has 0 aliphatic carbocycles. The fraction of sp³-hybridized carbons (Fsp3) is 0.600. The molecule has 0 aromatic heterocycles. The zero-order chi connectivity index (χ0) is 12.9.